The number of carbonyl (C=O) groups excluding carboxylic acids is 2. The van der Waals surface area contributed by atoms with Crippen molar-refractivity contribution in [2.24, 2.45) is 0 Å². The van der Waals surface area contributed by atoms with Crippen molar-refractivity contribution in [1.82, 2.24) is 10.2 Å². The number of piperazine rings is 1. The molecule has 1 aromatic rings. The number of hydrogen-bond acceptors (Lipinski definition) is 4. The molecule has 0 aliphatic carbocycles. The van der Waals surface area contributed by atoms with Crippen LogP contribution in [0, 0.1) is 13.8 Å². The summed E-state index contributed by atoms with van der Waals surface area (Å²) in [6.45, 7) is 2.97. The van der Waals surface area contributed by atoms with Crippen LogP contribution in [0.4, 0.5) is 0 Å². The molecule has 19 heavy (non-hydrogen) atoms. The first kappa shape index (κ1) is 13.1. The largest absolute Gasteiger partial charge is 0.480 e. The molecule has 0 bridgehead atoms. The lowest BCUT2D eigenvalue weighted by molar-refractivity contribution is -0.144. The Morgan fingerprint density at radius 3 is 2.68 bits per heavy atom. The van der Waals surface area contributed by atoms with Gasteiger partial charge in [-0.3, -0.25) is 9.59 Å². The number of carboxylic acids is 1. The maximum Gasteiger partial charge on any atom is 0.328 e. The summed E-state index contributed by atoms with van der Waals surface area (Å²) < 4.78 is 5.25. The highest BCUT2D eigenvalue weighted by Crippen LogP contribution is 2.18. The minimum atomic E-state index is -1.15. The number of aryl methyl sites for hydroxylation is 2. The summed E-state index contributed by atoms with van der Waals surface area (Å²) >= 11 is 0. The van der Waals surface area contributed by atoms with E-state index in [1.165, 1.54) is 0 Å². The van der Waals surface area contributed by atoms with Gasteiger partial charge in [0.25, 0.3) is 5.91 Å². The lowest BCUT2D eigenvalue weighted by Gasteiger charge is -2.32. The summed E-state index contributed by atoms with van der Waals surface area (Å²) in [5.41, 5.74) is 0.290. The molecule has 1 aliphatic heterocycles. The highest BCUT2D eigenvalue weighted by molar-refractivity contribution is 6.00. The minimum absolute atomic E-state index is 0.0875. The Balaban J connectivity index is 2.31. The van der Waals surface area contributed by atoms with Gasteiger partial charge in [0.15, 0.2) is 0 Å². The quantitative estimate of drug-likeness (QED) is 0.780. The number of hydrogen-bond donors (Lipinski definition) is 2. The predicted molar refractivity (Wildman–Crippen MR) is 63.7 cm³/mol. The first-order valence-corrected chi connectivity index (χ1v) is 5.77. The highest BCUT2D eigenvalue weighted by Gasteiger charge is 2.36. The molecular weight excluding hydrogens is 252 g/mol. The molecule has 2 N–H and O–H groups in total. The van der Waals surface area contributed by atoms with Crippen molar-refractivity contribution in [1.29, 1.82) is 0 Å². The number of aliphatic carboxylic acids is 1. The molecule has 0 aromatic carbocycles. The van der Waals surface area contributed by atoms with Crippen molar-refractivity contribution in [2.45, 2.75) is 19.9 Å². The van der Waals surface area contributed by atoms with E-state index in [1.54, 1.807) is 19.9 Å². The fourth-order valence-corrected chi connectivity index (χ4v) is 2.07. The summed E-state index contributed by atoms with van der Waals surface area (Å²) in [7, 11) is 0. The number of rotatable bonds is 2. The minimum Gasteiger partial charge on any atom is -0.480 e. The Bertz CT molecular complexity index is 548. The van der Waals surface area contributed by atoms with E-state index >= 15 is 0 Å². The third kappa shape index (κ3) is 2.44. The lowest BCUT2D eigenvalue weighted by Crippen LogP contribution is -2.59. The van der Waals surface area contributed by atoms with Crippen LogP contribution in [0.15, 0.2) is 10.5 Å². The molecule has 102 valence electrons. The van der Waals surface area contributed by atoms with Crippen LogP contribution in [0.2, 0.25) is 0 Å². The summed E-state index contributed by atoms with van der Waals surface area (Å²) in [6, 6.07) is 0.489. The van der Waals surface area contributed by atoms with Crippen LogP contribution in [0.25, 0.3) is 0 Å². The molecular formula is C12H14N2O5. The van der Waals surface area contributed by atoms with Gasteiger partial charge in [-0.05, 0) is 19.9 Å². The van der Waals surface area contributed by atoms with Gasteiger partial charge >= 0.3 is 5.97 Å². The Hall–Kier alpha value is -2.31. The van der Waals surface area contributed by atoms with Gasteiger partial charge in [0.2, 0.25) is 5.91 Å². The van der Waals surface area contributed by atoms with Crippen LogP contribution in [0.3, 0.4) is 0 Å². The van der Waals surface area contributed by atoms with Gasteiger partial charge in [-0.2, -0.15) is 0 Å². The fraction of sp³-hybridized carbons (Fsp3) is 0.417. The number of amides is 2. The maximum absolute atomic E-state index is 12.3. The van der Waals surface area contributed by atoms with Crippen molar-refractivity contribution in [2.75, 3.05) is 13.1 Å². The Kier molecular flexibility index (Phi) is 3.28. The van der Waals surface area contributed by atoms with Crippen LogP contribution in [0.5, 0.6) is 0 Å². The zero-order chi connectivity index (χ0) is 14.2. The van der Waals surface area contributed by atoms with Crippen LogP contribution in [-0.2, 0) is 9.59 Å². The van der Waals surface area contributed by atoms with Crippen molar-refractivity contribution in [3.63, 3.8) is 0 Å². The average molecular weight is 266 g/mol. The van der Waals surface area contributed by atoms with E-state index in [0.29, 0.717) is 17.1 Å². The molecule has 2 rings (SSSR count). The first-order chi connectivity index (χ1) is 8.90. The second-order valence-electron chi connectivity index (χ2n) is 4.42. The van der Waals surface area contributed by atoms with Gasteiger partial charge in [0, 0.05) is 6.54 Å². The Morgan fingerprint density at radius 2 is 2.16 bits per heavy atom. The van der Waals surface area contributed by atoms with Crippen LogP contribution >= 0.6 is 0 Å². The summed E-state index contributed by atoms with van der Waals surface area (Å²) in [5, 5.41) is 11.5. The molecule has 7 heteroatoms. The van der Waals surface area contributed by atoms with E-state index in [0.717, 1.165) is 4.90 Å². The highest BCUT2D eigenvalue weighted by atomic mass is 16.4. The summed E-state index contributed by atoms with van der Waals surface area (Å²) in [4.78, 5) is 35.8. The monoisotopic (exact) mass is 266 g/mol. The van der Waals surface area contributed by atoms with E-state index in [-0.39, 0.29) is 19.0 Å². The summed E-state index contributed by atoms with van der Waals surface area (Å²) in [5.74, 6) is -1.04. The molecule has 0 saturated carbocycles. The lowest BCUT2D eigenvalue weighted by atomic mass is 10.1. The third-order valence-electron chi connectivity index (χ3n) is 3.00. The van der Waals surface area contributed by atoms with Crippen molar-refractivity contribution < 1.29 is 23.9 Å². The number of furan rings is 1. The molecule has 2 heterocycles. The molecule has 1 unspecified atom stereocenters. The Labute approximate surface area is 109 Å². The van der Waals surface area contributed by atoms with Gasteiger partial charge in [0.05, 0.1) is 5.56 Å². The zero-order valence-electron chi connectivity index (χ0n) is 10.6. The van der Waals surface area contributed by atoms with Crippen molar-refractivity contribution >= 4 is 17.8 Å². The van der Waals surface area contributed by atoms with Gasteiger partial charge < -0.3 is 19.7 Å². The van der Waals surface area contributed by atoms with Crippen LogP contribution in [0.1, 0.15) is 21.9 Å². The normalized spacial score (nSPS) is 19.2. The Morgan fingerprint density at radius 1 is 1.47 bits per heavy atom. The van der Waals surface area contributed by atoms with E-state index in [1.807, 2.05) is 0 Å². The van der Waals surface area contributed by atoms with Crippen LogP contribution < -0.4 is 5.32 Å². The zero-order valence-corrected chi connectivity index (χ0v) is 10.6. The van der Waals surface area contributed by atoms with Crippen molar-refractivity contribution in [3.05, 3.63) is 23.2 Å². The van der Waals surface area contributed by atoms with E-state index in [9.17, 15) is 14.4 Å². The molecule has 7 nitrogen and oxygen atoms in total. The topological polar surface area (TPSA) is 99.9 Å². The van der Waals surface area contributed by atoms with E-state index in [4.69, 9.17) is 9.52 Å². The third-order valence-corrected chi connectivity index (χ3v) is 3.00. The van der Waals surface area contributed by atoms with Gasteiger partial charge in [-0.1, -0.05) is 0 Å². The smallest absolute Gasteiger partial charge is 0.328 e. The number of carbonyl (C=O) groups is 3. The van der Waals surface area contributed by atoms with Crippen molar-refractivity contribution in [3.8, 4) is 0 Å². The molecule has 2 amide bonds. The molecule has 0 spiro atoms. The SMILES string of the molecule is Cc1cc(C(=O)N2CC(=O)NCC2C(=O)O)c(C)o1. The number of nitrogens with zero attached hydrogens (tertiary/aromatic N) is 1. The molecule has 0 radical (unpaired) electrons. The van der Waals surface area contributed by atoms with E-state index in [2.05, 4.69) is 5.32 Å². The maximum atomic E-state index is 12.3. The number of carboxylic acid groups (broad SMARTS) is 1. The van der Waals surface area contributed by atoms with Crippen LogP contribution in [-0.4, -0.2) is 46.9 Å². The number of nitrogens with one attached hydrogen (secondary N) is 1. The molecule has 1 fully saturated rings. The summed E-state index contributed by atoms with van der Waals surface area (Å²) in [6.07, 6.45) is 0. The standard InChI is InChI=1S/C12H14N2O5/c1-6-3-8(7(2)19-6)11(16)14-5-10(15)13-4-9(14)12(17)18/h3,9H,4-5H2,1-2H3,(H,13,15)(H,17,18). The first-order valence-electron chi connectivity index (χ1n) is 5.77. The van der Waals surface area contributed by atoms with E-state index < -0.39 is 17.9 Å². The second-order valence-corrected chi connectivity index (χ2v) is 4.42. The molecule has 1 atom stereocenters. The molecule has 1 saturated heterocycles. The average Bonchev–Trinajstić information content (AvgIpc) is 2.67. The van der Waals surface area contributed by atoms with Gasteiger partial charge in [0.1, 0.15) is 24.1 Å². The predicted octanol–water partition coefficient (Wildman–Crippen LogP) is -0.0784. The van der Waals surface area contributed by atoms with Gasteiger partial charge in [-0.25, -0.2) is 4.79 Å². The fourth-order valence-electron chi connectivity index (χ4n) is 2.07. The second kappa shape index (κ2) is 4.75. The molecule has 1 aliphatic rings. The van der Waals surface area contributed by atoms with Gasteiger partial charge in [-0.15, -0.1) is 0 Å². The molecule has 1 aromatic heterocycles.